The summed E-state index contributed by atoms with van der Waals surface area (Å²) in [5, 5.41) is 23.2. The maximum Gasteiger partial charge on any atom is 0.305 e. The zero-order valence-corrected chi connectivity index (χ0v) is 52.0. The highest BCUT2D eigenvalue weighted by Crippen LogP contribution is 2.18. The average Bonchev–Trinajstić information content (AvgIpc) is 3.43. The van der Waals surface area contributed by atoms with Gasteiger partial charge in [0.1, 0.15) is 0 Å². The van der Waals surface area contributed by atoms with Crippen LogP contribution in [0.1, 0.15) is 380 Å². The van der Waals surface area contributed by atoms with Gasteiger partial charge in [0.15, 0.2) is 0 Å². The van der Waals surface area contributed by atoms with Crippen molar-refractivity contribution < 1.29 is 24.5 Å². The van der Waals surface area contributed by atoms with Crippen molar-refractivity contribution in [2.75, 3.05) is 13.2 Å². The number of amides is 1. The molecule has 3 N–H and O–H groups in total. The molecular formula is C71H135NO5. The van der Waals surface area contributed by atoms with Crippen LogP contribution in [-0.4, -0.2) is 47.4 Å². The third-order valence-corrected chi connectivity index (χ3v) is 16.1. The Morgan fingerprint density at radius 3 is 0.961 bits per heavy atom. The van der Waals surface area contributed by atoms with E-state index in [1.165, 1.54) is 308 Å². The van der Waals surface area contributed by atoms with Crippen molar-refractivity contribution in [3.63, 3.8) is 0 Å². The molecule has 0 heterocycles. The first-order valence-corrected chi connectivity index (χ1v) is 34.8. The molecule has 0 spiro atoms. The quantitative estimate of drug-likeness (QED) is 0.0320. The molecule has 0 aromatic carbocycles. The Labute approximate surface area is 481 Å². The van der Waals surface area contributed by atoms with Crippen LogP contribution in [0.2, 0.25) is 0 Å². The minimum atomic E-state index is -0.843. The fourth-order valence-electron chi connectivity index (χ4n) is 10.8. The maximum atomic E-state index is 12.5. The Morgan fingerprint density at radius 1 is 0.351 bits per heavy atom. The van der Waals surface area contributed by atoms with Crippen molar-refractivity contribution in [1.29, 1.82) is 0 Å². The van der Waals surface area contributed by atoms with Gasteiger partial charge in [-0.25, -0.2) is 0 Å². The van der Waals surface area contributed by atoms with Crippen molar-refractivity contribution in [2.24, 2.45) is 0 Å². The van der Waals surface area contributed by atoms with Crippen LogP contribution < -0.4 is 5.32 Å². The Balaban J connectivity index is 3.38. The van der Waals surface area contributed by atoms with Crippen LogP contribution in [0, 0.1) is 0 Å². The van der Waals surface area contributed by atoms with Crippen LogP contribution in [0.4, 0.5) is 0 Å². The fraction of sp³-hybridized carbons (Fsp3) is 0.887. The van der Waals surface area contributed by atoms with Gasteiger partial charge in [0, 0.05) is 12.8 Å². The van der Waals surface area contributed by atoms with Crippen LogP contribution in [0.5, 0.6) is 0 Å². The smallest absolute Gasteiger partial charge is 0.305 e. The van der Waals surface area contributed by atoms with Gasteiger partial charge in [-0.2, -0.15) is 0 Å². The summed E-state index contributed by atoms with van der Waals surface area (Å²) in [5.41, 5.74) is 0. The van der Waals surface area contributed by atoms with E-state index < -0.39 is 12.1 Å². The highest BCUT2D eigenvalue weighted by Gasteiger charge is 2.18. The zero-order chi connectivity index (χ0) is 55.7. The Hall–Kier alpha value is -1.92. The number of ether oxygens (including phenoxy) is 1. The van der Waals surface area contributed by atoms with Crippen LogP contribution in [0.25, 0.3) is 0 Å². The summed E-state index contributed by atoms with van der Waals surface area (Å²) >= 11 is 0. The second-order valence-corrected chi connectivity index (χ2v) is 23.9. The molecule has 1 amide bonds. The molecule has 6 heteroatoms. The van der Waals surface area contributed by atoms with E-state index in [1.54, 1.807) is 6.08 Å². The molecule has 2 atom stereocenters. The Morgan fingerprint density at radius 2 is 0.623 bits per heavy atom. The predicted molar refractivity (Wildman–Crippen MR) is 338 cm³/mol. The lowest BCUT2D eigenvalue weighted by atomic mass is 10.0. The van der Waals surface area contributed by atoms with E-state index in [-0.39, 0.29) is 18.5 Å². The molecule has 6 nitrogen and oxygen atoms in total. The molecule has 2 unspecified atom stereocenters. The second-order valence-electron chi connectivity index (χ2n) is 23.9. The number of allylic oxidation sites excluding steroid dienone is 5. The van der Waals surface area contributed by atoms with E-state index in [1.807, 2.05) is 6.08 Å². The van der Waals surface area contributed by atoms with Crippen LogP contribution in [0.3, 0.4) is 0 Å². The average molecular weight is 1080 g/mol. The van der Waals surface area contributed by atoms with Crippen molar-refractivity contribution >= 4 is 11.9 Å². The van der Waals surface area contributed by atoms with E-state index >= 15 is 0 Å². The molecule has 0 aromatic heterocycles. The molecular weight excluding hydrogens is 947 g/mol. The molecule has 0 bridgehead atoms. The summed E-state index contributed by atoms with van der Waals surface area (Å²) in [6.07, 6.45) is 85.1. The van der Waals surface area contributed by atoms with Crippen LogP contribution in [-0.2, 0) is 14.3 Å². The van der Waals surface area contributed by atoms with E-state index in [0.29, 0.717) is 19.4 Å². The summed E-state index contributed by atoms with van der Waals surface area (Å²) < 4.78 is 5.47. The number of unbranched alkanes of at least 4 members (excludes halogenated alkanes) is 50. The molecule has 0 aliphatic heterocycles. The van der Waals surface area contributed by atoms with Crippen LogP contribution >= 0.6 is 0 Å². The summed E-state index contributed by atoms with van der Waals surface area (Å²) in [6.45, 7) is 4.89. The summed E-state index contributed by atoms with van der Waals surface area (Å²) in [4.78, 5) is 24.5. The monoisotopic (exact) mass is 1080 g/mol. The normalized spacial score (nSPS) is 12.7. The minimum Gasteiger partial charge on any atom is -0.466 e. The van der Waals surface area contributed by atoms with E-state index in [2.05, 4.69) is 43.5 Å². The van der Waals surface area contributed by atoms with Gasteiger partial charge in [-0.3, -0.25) is 9.59 Å². The summed E-state index contributed by atoms with van der Waals surface area (Å²) in [7, 11) is 0. The van der Waals surface area contributed by atoms with E-state index in [4.69, 9.17) is 4.74 Å². The van der Waals surface area contributed by atoms with Crippen LogP contribution in [0.15, 0.2) is 36.5 Å². The third kappa shape index (κ3) is 63.1. The SMILES string of the molecule is CCCC/C=C\CCCCCCCC(=O)OCCCCCCCCCCCCCC/C=C\CCCCCCCCCCCCCCCCCCC(=O)NC(CO)C(O)/C=C/CCCCCCCCCCCCCCCCC. The molecule has 0 aromatic rings. The lowest BCUT2D eigenvalue weighted by molar-refractivity contribution is -0.143. The van der Waals surface area contributed by atoms with Gasteiger partial charge in [0.25, 0.3) is 0 Å². The van der Waals surface area contributed by atoms with Gasteiger partial charge in [0.05, 0.1) is 25.4 Å². The van der Waals surface area contributed by atoms with Gasteiger partial charge >= 0.3 is 5.97 Å². The number of rotatable bonds is 65. The van der Waals surface area contributed by atoms with Crippen molar-refractivity contribution in [3.8, 4) is 0 Å². The largest absolute Gasteiger partial charge is 0.466 e. The molecule has 0 fully saturated rings. The Kier molecular flexibility index (Phi) is 64.9. The van der Waals surface area contributed by atoms with Crippen molar-refractivity contribution in [2.45, 2.75) is 392 Å². The predicted octanol–water partition coefficient (Wildman–Crippen LogP) is 22.3. The molecule has 0 radical (unpaired) electrons. The number of esters is 1. The van der Waals surface area contributed by atoms with Gasteiger partial charge in [-0.1, -0.05) is 326 Å². The fourth-order valence-corrected chi connectivity index (χ4v) is 10.8. The third-order valence-electron chi connectivity index (χ3n) is 16.1. The molecule has 0 saturated heterocycles. The highest BCUT2D eigenvalue weighted by atomic mass is 16.5. The lowest BCUT2D eigenvalue weighted by Crippen LogP contribution is -2.45. The Bertz CT molecular complexity index is 1250. The van der Waals surface area contributed by atoms with E-state index in [9.17, 15) is 19.8 Å². The van der Waals surface area contributed by atoms with E-state index in [0.717, 1.165) is 44.9 Å². The summed E-state index contributed by atoms with van der Waals surface area (Å²) in [6, 6.07) is -0.626. The minimum absolute atomic E-state index is 0.00695. The first-order valence-electron chi connectivity index (χ1n) is 34.8. The summed E-state index contributed by atoms with van der Waals surface area (Å²) in [5.74, 6) is -0.0557. The maximum absolute atomic E-state index is 12.5. The van der Waals surface area contributed by atoms with Gasteiger partial charge in [0.2, 0.25) is 5.91 Å². The van der Waals surface area contributed by atoms with Crippen molar-refractivity contribution in [1.82, 2.24) is 5.32 Å². The standard InChI is InChI=1S/C71H135NO5/c1-3-5-7-9-11-13-15-16-17-34-37-40-44-47-51-55-59-63-69(74)68(67-73)72-70(75)64-60-56-52-48-45-41-38-35-32-30-28-26-24-22-20-18-19-21-23-25-27-29-31-33-36-39-42-46-50-54-58-62-66-77-71(76)65-61-57-53-49-43-14-12-10-8-6-4-2/h10,12,21,23,59,63,68-69,73-74H,3-9,11,13-20,22,24-58,60-62,64-67H2,1-2H3,(H,72,75)/b12-10-,23-21-,63-59+. The molecule has 77 heavy (non-hydrogen) atoms. The molecule has 454 valence electrons. The number of carbonyl (C=O) groups excluding carboxylic acids is 2. The number of hydrogen-bond donors (Lipinski definition) is 3. The van der Waals surface area contributed by atoms with Crippen molar-refractivity contribution in [3.05, 3.63) is 36.5 Å². The number of hydrogen-bond acceptors (Lipinski definition) is 5. The first-order chi connectivity index (χ1) is 38.0. The second kappa shape index (κ2) is 66.6. The number of nitrogens with one attached hydrogen (secondary N) is 1. The van der Waals surface area contributed by atoms with Gasteiger partial charge < -0.3 is 20.3 Å². The molecule has 0 aliphatic carbocycles. The van der Waals surface area contributed by atoms with Gasteiger partial charge in [-0.15, -0.1) is 0 Å². The first kappa shape index (κ1) is 75.1. The molecule has 0 rings (SSSR count). The molecule has 0 aliphatic rings. The number of aliphatic hydroxyl groups is 2. The lowest BCUT2D eigenvalue weighted by Gasteiger charge is -2.20. The number of aliphatic hydroxyl groups excluding tert-OH is 2. The topological polar surface area (TPSA) is 95.9 Å². The zero-order valence-electron chi connectivity index (χ0n) is 52.0. The highest BCUT2D eigenvalue weighted by molar-refractivity contribution is 5.76. The number of carbonyl (C=O) groups is 2. The van der Waals surface area contributed by atoms with Gasteiger partial charge in [-0.05, 0) is 77.0 Å². The molecule has 0 saturated carbocycles.